The summed E-state index contributed by atoms with van der Waals surface area (Å²) < 4.78 is 0. The molecule has 4 heterocycles. The fourth-order valence-electron chi connectivity index (χ4n) is 5.15. The van der Waals surface area contributed by atoms with Crippen LogP contribution in [-0.4, -0.2) is 25.1 Å². The Morgan fingerprint density at radius 3 is 2.38 bits per heavy atom. The monoisotopic (exact) mass is 506 g/mol. The lowest BCUT2D eigenvalue weighted by atomic mass is 10.0. The molecule has 0 amide bonds. The van der Waals surface area contributed by atoms with E-state index in [1.165, 1.54) is 11.1 Å². The topological polar surface area (TPSA) is 82.3 Å². The van der Waals surface area contributed by atoms with Gasteiger partial charge < -0.3 is 10.3 Å². The molecule has 0 aliphatic carbocycles. The van der Waals surface area contributed by atoms with Crippen LogP contribution < -0.4 is 5.32 Å². The van der Waals surface area contributed by atoms with Crippen molar-refractivity contribution in [3.8, 4) is 33.6 Å². The molecule has 3 aromatic carbocycles. The Hall–Kier alpha value is -5.07. The summed E-state index contributed by atoms with van der Waals surface area (Å²) >= 11 is 0. The molecule has 39 heavy (non-hydrogen) atoms. The van der Waals surface area contributed by atoms with E-state index in [0.29, 0.717) is 0 Å². The minimum atomic E-state index is 0.754. The van der Waals surface area contributed by atoms with Crippen molar-refractivity contribution in [2.75, 3.05) is 0 Å². The highest BCUT2D eigenvalue weighted by atomic mass is 15.1. The molecule has 3 N–H and O–H groups in total. The number of nitrogens with zero attached hydrogens (tertiary/aromatic N) is 3. The second-order valence-electron chi connectivity index (χ2n) is 9.69. The summed E-state index contributed by atoms with van der Waals surface area (Å²) in [6, 6.07) is 31.6. The van der Waals surface area contributed by atoms with Crippen LogP contribution in [0.1, 0.15) is 11.1 Å². The van der Waals surface area contributed by atoms with Crippen LogP contribution in [0.15, 0.2) is 116 Å². The maximum atomic E-state index is 4.69. The molecule has 0 spiro atoms. The molecule has 0 unspecified atom stereocenters. The molecule has 6 heteroatoms. The Labute approximate surface area is 225 Å². The Morgan fingerprint density at radius 2 is 1.49 bits per heavy atom. The molecule has 0 bridgehead atoms. The first-order valence-electron chi connectivity index (χ1n) is 13.0. The molecule has 0 aliphatic heterocycles. The van der Waals surface area contributed by atoms with Gasteiger partial charge in [-0.05, 0) is 70.3 Å². The summed E-state index contributed by atoms with van der Waals surface area (Å²) in [7, 11) is 0. The van der Waals surface area contributed by atoms with Gasteiger partial charge in [-0.1, -0.05) is 48.5 Å². The summed E-state index contributed by atoms with van der Waals surface area (Å²) in [5.74, 6) is 0. The molecular formula is C33H26N6. The van der Waals surface area contributed by atoms with E-state index in [-0.39, 0.29) is 0 Å². The number of nitrogens with one attached hydrogen (secondary N) is 3. The number of aromatic amines is 2. The number of aromatic nitrogens is 5. The second kappa shape index (κ2) is 10.0. The van der Waals surface area contributed by atoms with Crippen LogP contribution in [0.3, 0.4) is 0 Å². The standard InChI is InChI=1S/C33H26N6/c1-2-5-22(6-3-1)18-35-19-23-15-26(21-36-20-23)25-9-10-31-29(16-25)33(39-38-31)32-17-28-27(7-4-8-30(28)37-32)24-11-13-34-14-12-24/h1-17,20-21,35,37H,18-19H2,(H,38,39). The molecule has 0 saturated carbocycles. The third kappa shape index (κ3) is 4.58. The van der Waals surface area contributed by atoms with E-state index in [0.717, 1.165) is 68.5 Å². The summed E-state index contributed by atoms with van der Waals surface area (Å²) in [5.41, 5.74) is 10.9. The Bertz CT molecular complexity index is 1890. The zero-order valence-electron chi connectivity index (χ0n) is 21.2. The summed E-state index contributed by atoms with van der Waals surface area (Å²) in [4.78, 5) is 12.3. The van der Waals surface area contributed by atoms with Crippen molar-refractivity contribution in [3.05, 3.63) is 127 Å². The van der Waals surface area contributed by atoms with Gasteiger partial charge in [-0.15, -0.1) is 0 Å². The molecule has 7 aromatic rings. The normalized spacial score (nSPS) is 11.4. The van der Waals surface area contributed by atoms with E-state index in [1.54, 1.807) is 0 Å². The van der Waals surface area contributed by atoms with Gasteiger partial charge in [0.15, 0.2) is 0 Å². The van der Waals surface area contributed by atoms with Crippen LogP contribution in [0, 0.1) is 0 Å². The van der Waals surface area contributed by atoms with E-state index in [1.807, 2.05) is 43.0 Å². The van der Waals surface area contributed by atoms with Crippen molar-refractivity contribution in [2.24, 2.45) is 0 Å². The van der Waals surface area contributed by atoms with Gasteiger partial charge in [-0.25, -0.2) is 0 Å². The minimum Gasteiger partial charge on any atom is -0.353 e. The average molecular weight is 507 g/mol. The SMILES string of the molecule is c1ccc(CNCc2cncc(-c3ccc4[nH]nc(-c5cc6c(-c7ccncc7)cccc6[nH]5)c4c3)c2)cc1. The number of fused-ring (bicyclic) bond motifs is 2. The third-order valence-electron chi connectivity index (χ3n) is 7.10. The number of benzene rings is 3. The van der Waals surface area contributed by atoms with Gasteiger partial charge in [0, 0.05) is 59.7 Å². The first-order valence-corrected chi connectivity index (χ1v) is 13.0. The lowest BCUT2D eigenvalue weighted by molar-refractivity contribution is 0.691. The van der Waals surface area contributed by atoms with Crippen molar-refractivity contribution in [2.45, 2.75) is 13.1 Å². The highest BCUT2D eigenvalue weighted by Gasteiger charge is 2.14. The predicted molar refractivity (Wildman–Crippen MR) is 157 cm³/mol. The van der Waals surface area contributed by atoms with E-state index >= 15 is 0 Å². The molecule has 4 aromatic heterocycles. The van der Waals surface area contributed by atoms with E-state index in [4.69, 9.17) is 5.10 Å². The molecule has 7 rings (SSSR count). The van der Waals surface area contributed by atoms with E-state index in [2.05, 4.69) is 98.2 Å². The van der Waals surface area contributed by atoms with Gasteiger partial charge in [-0.2, -0.15) is 5.10 Å². The average Bonchev–Trinajstić information content (AvgIpc) is 3.62. The zero-order valence-corrected chi connectivity index (χ0v) is 21.2. The van der Waals surface area contributed by atoms with Crippen LogP contribution >= 0.6 is 0 Å². The summed E-state index contributed by atoms with van der Waals surface area (Å²) in [5, 5.41) is 13.6. The van der Waals surface area contributed by atoms with Crippen molar-refractivity contribution >= 4 is 21.8 Å². The van der Waals surface area contributed by atoms with Gasteiger partial charge in [0.05, 0.1) is 11.2 Å². The zero-order chi connectivity index (χ0) is 26.0. The quantitative estimate of drug-likeness (QED) is 0.215. The lowest BCUT2D eigenvalue weighted by Crippen LogP contribution is -2.12. The smallest absolute Gasteiger partial charge is 0.116 e. The number of hydrogen-bond acceptors (Lipinski definition) is 4. The van der Waals surface area contributed by atoms with Crippen LogP contribution in [0.4, 0.5) is 0 Å². The molecule has 0 aliphatic rings. The fraction of sp³-hybridized carbons (Fsp3) is 0.0606. The maximum Gasteiger partial charge on any atom is 0.116 e. The van der Waals surface area contributed by atoms with Gasteiger partial charge in [-0.3, -0.25) is 15.1 Å². The number of rotatable bonds is 7. The molecular weight excluding hydrogens is 480 g/mol. The Morgan fingerprint density at radius 1 is 0.615 bits per heavy atom. The molecule has 188 valence electrons. The van der Waals surface area contributed by atoms with Gasteiger partial charge in [0.2, 0.25) is 0 Å². The molecule has 0 radical (unpaired) electrons. The van der Waals surface area contributed by atoms with Crippen molar-refractivity contribution in [3.63, 3.8) is 0 Å². The highest BCUT2D eigenvalue weighted by Crippen LogP contribution is 2.35. The van der Waals surface area contributed by atoms with Crippen LogP contribution in [0.25, 0.3) is 55.4 Å². The van der Waals surface area contributed by atoms with E-state index < -0.39 is 0 Å². The van der Waals surface area contributed by atoms with Gasteiger partial charge in [0.25, 0.3) is 0 Å². The van der Waals surface area contributed by atoms with Crippen LogP contribution in [0.5, 0.6) is 0 Å². The summed E-state index contributed by atoms with van der Waals surface area (Å²) in [6.07, 6.45) is 7.50. The highest BCUT2D eigenvalue weighted by molar-refractivity contribution is 6.01. The maximum absolute atomic E-state index is 4.69. The Kier molecular flexibility index (Phi) is 5.92. The third-order valence-corrected chi connectivity index (χ3v) is 7.10. The first-order chi connectivity index (χ1) is 19.3. The molecule has 0 atom stereocenters. The number of H-pyrrole nitrogens is 2. The molecule has 6 nitrogen and oxygen atoms in total. The lowest BCUT2D eigenvalue weighted by Gasteiger charge is -2.08. The Balaban J connectivity index is 1.20. The van der Waals surface area contributed by atoms with Crippen LogP contribution in [-0.2, 0) is 13.1 Å². The van der Waals surface area contributed by atoms with Crippen molar-refractivity contribution < 1.29 is 0 Å². The summed E-state index contributed by atoms with van der Waals surface area (Å²) in [6.45, 7) is 1.58. The molecule has 0 fully saturated rings. The molecule has 0 saturated heterocycles. The van der Waals surface area contributed by atoms with E-state index in [9.17, 15) is 0 Å². The predicted octanol–water partition coefficient (Wildman–Crippen LogP) is 7.13. The largest absolute Gasteiger partial charge is 0.353 e. The van der Waals surface area contributed by atoms with Gasteiger partial charge in [0.1, 0.15) is 5.69 Å². The minimum absolute atomic E-state index is 0.754. The van der Waals surface area contributed by atoms with Gasteiger partial charge >= 0.3 is 0 Å². The first kappa shape index (κ1) is 23.1. The van der Waals surface area contributed by atoms with Crippen LogP contribution in [0.2, 0.25) is 0 Å². The number of pyridine rings is 2. The van der Waals surface area contributed by atoms with Crippen molar-refractivity contribution in [1.29, 1.82) is 0 Å². The fourth-order valence-corrected chi connectivity index (χ4v) is 5.15. The number of hydrogen-bond donors (Lipinski definition) is 3. The second-order valence-corrected chi connectivity index (χ2v) is 9.69. The van der Waals surface area contributed by atoms with Crippen molar-refractivity contribution in [1.82, 2.24) is 30.5 Å².